The highest BCUT2D eigenvalue weighted by atomic mass is 19.1. The van der Waals surface area contributed by atoms with Crippen molar-refractivity contribution >= 4 is 17.5 Å². The Kier molecular flexibility index (Phi) is 4.47. The molecule has 0 unspecified atom stereocenters. The normalized spacial score (nSPS) is 10.9. The summed E-state index contributed by atoms with van der Waals surface area (Å²) in [4.78, 5) is 23.4. The van der Waals surface area contributed by atoms with Crippen LogP contribution in [0.5, 0.6) is 0 Å². The lowest BCUT2D eigenvalue weighted by Gasteiger charge is -2.23. The van der Waals surface area contributed by atoms with Gasteiger partial charge in [-0.3, -0.25) is 9.59 Å². The predicted molar refractivity (Wildman–Crippen MR) is 71.0 cm³/mol. The van der Waals surface area contributed by atoms with Crippen LogP contribution in [0.25, 0.3) is 0 Å². The zero-order valence-corrected chi connectivity index (χ0v) is 11.2. The van der Waals surface area contributed by atoms with Gasteiger partial charge in [-0.25, -0.2) is 4.39 Å². The first kappa shape index (κ1) is 14.9. The highest BCUT2D eigenvalue weighted by Gasteiger charge is 2.27. The Morgan fingerprint density at radius 2 is 2.00 bits per heavy atom. The highest BCUT2D eigenvalue weighted by molar-refractivity contribution is 5.99. The maximum Gasteiger partial charge on any atom is 0.253 e. The van der Waals surface area contributed by atoms with E-state index in [0.717, 1.165) is 12.1 Å². The second-order valence-corrected chi connectivity index (χ2v) is 4.88. The van der Waals surface area contributed by atoms with Gasteiger partial charge < -0.3 is 16.4 Å². The van der Waals surface area contributed by atoms with Crippen LogP contribution in [-0.2, 0) is 4.79 Å². The van der Waals surface area contributed by atoms with Gasteiger partial charge in [-0.1, -0.05) is 0 Å². The Balaban J connectivity index is 2.73. The Bertz CT molecular complexity index is 501. The van der Waals surface area contributed by atoms with E-state index in [4.69, 9.17) is 5.73 Å². The molecule has 0 spiro atoms. The molecule has 0 aliphatic heterocycles. The van der Waals surface area contributed by atoms with Gasteiger partial charge in [0.2, 0.25) is 5.91 Å². The summed E-state index contributed by atoms with van der Waals surface area (Å²) in [7, 11) is 1.53. The summed E-state index contributed by atoms with van der Waals surface area (Å²) in [5.74, 6) is -1.12. The first-order valence-electron chi connectivity index (χ1n) is 5.83. The summed E-state index contributed by atoms with van der Waals surface area (Å²) >= 11 is 0. The molecule has 4 N–H and O–H groups in total. The van der Waals surface area contributed by atoms with Gasteiger partial charge in [0, 0.05) is 19.3 Å². The Morgan fingerprint density at radius 1 is 1.37 bits per heavy atom. The molecule has 0 saturated carbocycles. The predicted octanol–water partition coefficient (Wildman–Crippen LogP) is 0.910. The molecule has 5 nitrogen and oxygen atoms in total. The van der Waals surface area contributed by atoms with Gasteiger partial charge in [0.15, 0.2) is 0 Å². The van der Waals surface area contributed by atoms with Crippen molar-refractivity contribution in [3.63, 3.8) is 0 Å². The van der Waals surface area contributed by atoms with Crippen molar-refractivity contribution in [2.24, 2.45) is 5.41 Å². The third-order valence-corrected chi connectivity index (χ3v) is 2.79. The number of nitrogens with one attached hydrogen (secondary N) is 2. The topological polar surface area (TPSA) is 84.2 Å². The molecule has 0 fully saturated rings. The number of hydrogen-bond donors (Lipinski definition) is 3. The third kappa shape index (κ3) is 3.67. The summed E-state index contributed by atoms with van der Waals surface area (Å²) < 4.78 is 12.9. The standard InChI is InChI=1S/C13H18FN3O2/c1-13(2,12(19)16-3)7-17-11(18)9-5-4-8(14)6-10(9)15/h4-6H,7,15H2,1-3H3,(H,16,19)(H,17,18). The van der Waals surface area contributed by atoms with E-state index in [1.165, 1.54) is 13.1 Å². The summed E-state index contributed by atoms with van der Waals surface area (Å²) in [6.07, 6.45) is 0. The Hall–Kier alpha value is -2.11. The number of nitrogen functional groups attached to an aromatic ring is 1. The van der Waals surface area contributed by atoms with Crippen LogP contribution >= 0.6 is 0 Å². The lowest BCUT2D eigenvalue weighted by molar-refractivity contribution is -0.128. The van der Waals surface area contributed by atoms with E-state index in [-0.39, 0.29) is 23.7 Å². The molecule has 0 aliphatic carbocycles. The van der Waals surface area contributed by atoms with Crippen LogP contribution in [-0.4, -0.2) is 25.4 Å². The molecule has 0 aromatic heterocycles. The van der Waals surface area contributed by atoms with Gasteiger partial charge in [0.1, 0.15) is 5.82 Å². The van der Waals surface area contributed by atoms with Crippen molar-refractivity contribution in [3.05, 3.63) is 29.6 Å². The van der Waals surface area contributed by atoms with E-state index in [0.29, 0.717) is 0 Å². The smallest absolute Gasteiger partial charge is 0.253 e. The fourth-order valence-electron chi connectivity index (χ4n) is 1.56. The van der Waals surface area contributed by atoms with Crippen molar-refractivity contribution in [1.82, 2.24) is 10.6 Å². The van der Waals surface area contributed by atoms with Crippen LogP contribution in [0, 0.1) is 11.2 Å². The summed E-state index contributed by atoms with van der Waals surface area (Å²) in [6, 6.07) is 3.56. The zero-order chi connectivity index (χ0) is 14.6. The SMILES string of the molecule is CNC(=O)C(C)(C)CNC(=O)c1ccc(F)cc1N. The highest BCUT2D eigenvalue weighted by Crippen LogP contribution is 2.16. The maximum atomic E-state index is 12.9. The fourth-order valence-corrected chi connectivity index (χ4v) is 1.56. The van der Waals surface area contributed by atoms with Gasteiger partial charge >= 0.3 is 0 Å². The van der Waals surface area contributed by atoms with E-state index in [1.54, 1.807) is 13.8 Å². The molecule has 1 aromatic carbocycles. The van der Waals surface area contributed by atoms with E-state index in [9.17, 15) is 14.0 Å². The monoisotopic (exact) mass is 267 g/mol. The van der Waals surface area contributed by atoms with Crippen LogP contribution in [0.4, 0.5) is 10.1 Å². The first-order chi connectivity index (χ1) is 8.77. The molecule has 19 heavy (non-hydrogen) atoms. The molecule has 1 aromatic rings. The molecule has 1 rings (SSSR count). The molecular formula is C13H18FN3O2. The first-order valence-corrected chi connectivity index (χ1v) is 5.83. The number of nitrogens with two attached hydrogens (primary N) is 1. The largest absolute Gasteiger partial charge is 0.398 e. The minimum atomic E-state index is -0.737. The molecule has 104 valence electrons. The molecule has 2 amide bonds. The van der Waals surface area contributed by atoms with Crippen molar-refractivity contribution in [2.45, 2.75) is 13.8 Å². The van der Waals surface area contributed by atoms with E-state index in [1.807, 2.05) is 0 Å². The van der Waals surface area contributed by atoms with Gasteiger partial charge in [-0.05, 0) is 32.0 Å². The fraction of sp³-hybridized carbons (Fsp3) is 0.385. The number of carbonyl (C=O) groups excluding carboxylic acids is 2. The quantitative estimate of drug-likeness (QED) is 0.709. The minimum absolute atomic E-state index is 0.0650. The second kappa shape index (κ2) is 5.69. The third-order valence-electron chi connectivity index (χ3n) is 2.79. The lowest BCUT2D eigenvalue weighted by atomic mass is 9.92. The molecule has 0 heterocycles. The maximum absolute atomic E-state index is 12.9. The van der Waals surface area contributed by atoms with E-state index < -0.39 is 17.1 Å². The number of benzene rings is 1. The van der Waals surface area contributed by atoms with Gasteiger partial charge in [-0.2, -0.15) is 0 Å². The van der Waals surface area contributed by atoms with Gasteiger partial charge in [0.25, 0.3) is 5.91 Å². The van der Waals surface area contributed by atoms with Crippen molar-refractivity contribution in [1.29, 1.82) is 0 Å². The summed E-state index contributed by atoms with van der Waals surface area (Å²) in [6.45, 7) is 3.57. The van der Waals surface area contributed by atoms with Crippen LogP contribution in [0.1, 0.15) is 24.2 Å². The number of carbonyl (C=O) groups is 2. The molecule has 0 radical (unpaired) electrons. The molecule has 6 heteroatoms. The van der Waals surface area contributed by atoms with Crippen LogP contribution < -0.4 is 16.4 Å². The average Bonchev–Trinajstić information content (AvgIpc) is 2.35. The average molecular weight is 267 g/mol. The zero-order valence-electron chi connectivity index (χ0n) is 11.2. The molecular weight excluding hydrogens is 249 g/mol. The van der Waals surface area contributed by atoms with E-state index >= 15 is 0 Å². The van der Waals surface area contributed by atoms with Crippen LogP contribution in [0.15, 0.2) is 18.2 Å². The van der Waals surface area contributed by atoms with Crippen molar-refractivity contribution in [3.8, 4) is 0 Å². The van der Waals surface area contributed by atoms with Crippen molar-refractivity contribution < 1.29 is 14.0 Å². The molecule has 0 saturated heterocycles. The molecule has 0 aliphatic rings. The van der Waals surface area contributed by atoms with Crippen LogP contribution in [0.2, 0.25) is 0 Å². The Morgan fingerprint density at radius 3 is 2.53 bits per heavy atom. The number of hydrogen-bond acceptors (Lipinski definition) is 3. The number of amides is 2. The van der Waals surface area contributed by atoms with E-state index in [2.05, 4.69) is 10.6 Å². The minimum Gasteiger partial charge on any atom is -0.398 e. The lowest BCUT2D eigenvalue weighted by Crippen LogP contribution is -2.43. The molecule has 0 bridgehead atoms. The molecule has 0 atom stereocenters. The Labute approximate surface area is 111 Å². The summed E-state index contributed by atoms with van der Waals surface area (Å²) in [5, 5.41) is 5.14. The van der Waals surface area contributed by atoms with Crippen molar-refractivity contribution in [2.75, 3.05) is 19.3 Å². The second-order valence-electron chi connectivity index (χ2n) is 4.88. The number of rotatable bonds is 4. The van der Waals surface area contributed by atoms with Crippen LogP contribution in [0.3, 0.4) is 0 Å². The van der Waals surface area contributed by atoms with Gasteiger partial charge in [-0.15, -0.1) is 0 Å². The summed E-state index contributed by atoms with van der Waals surface area (Å²) in [5.41, 5.74) is 5.08. The number of anilines is 1. The van der Waals surface area contributed by atoms with Gasteiger partial charge in [0.05, 0.1) is 11.0 Å². The number of halogens is 1.